The van der Waals surface area contributed by atoms with Gasteiger partial charge in [-0.05, 0) is 31.1 Å². The lowest BCUT2D eigenvalue weighted by molar-refractivity contribution is 0.206. The maximum Gasteiger partial charge on any atom is 0.230 e. The molecule has 114 valence electrons. The molecule has 1 heterocycles. The monoisotopic (exact) mass is 297 g/mol. The van der Waals surface area contributed by atoms with Crippen LogP contribution in [-0.4, -0.2) is 32.2 Å². The molecule has 0 amide bonds. The van der Waals surface area contributed by atoms with Gasteiger partial charge in [0.15, 0.2) is 5.13 Å². The third kappa shape index (κ3) is 3.85. The van der Waals surface area contributed by atoms with Crippen molar-refractivity contribution in [1.29, 1.82) is 0 Å². The van der Waals surface area contributed by atoms with E-state index < -0.39 is 0 Å². The number of rotatable bonds is 5. The molecule has 0 unspecified atom stereocenters. The molecule has 1 aliphatic rings. The van der Waals surface area contributed by atoms with Crippen molar-refractivity contribution in [3.63, 3.8) is 0 Å². The second-order valence-corrected chi connectivity index (χ2v) is 7.70. The van der Waals surface area contributed by atoms with Gasteiger partial charge in [-0.15, -0.1) is 0 Å². The SMILES string of the molecule is COc1nc(N(C)C)sc1CNC1CCC(C)(C)CC1. The fourth-order valence-electron chi connectivity index (χ4n) is 2.63. The van der Waals surface area contributed by atoms with E-state index in [0.29, 0.717) is 11.5 Å². The zero-order valence-electron chi connectivity index (χ0n) is 13.3. The van der Waals surface area contributed by atoms with Crippen LogP contribution in [0.1, 0.15) is 44.4 Å². The topological polar surface area (TPSA) is 37.4 Å². The van der Waals surface area contributed by atoms with E-state index in [1.807, 2.05) is 19.0 Å². The number of nitrogens with one attached hydrogen (secondary N) is 1. The number of anilines is 1. The summed E-state index contributed by atoms with van der Waals surface area (Å²) in [6, 6.07) is 0.637. The Morgan fingerprint density at radius 2 is 2.00 bits per heavy atom. The van der Waals surface area contributed by atoms with Crippen LogP contribution >= 0.6 is 11.3 Å². The lowest BCUT2D eigenvalue weighted by atomic mass is 9.75. The molecular weight excluding hydrogens is 270 g/mol. The Labute approximate surface area is 126 Å². The number of ether oxygens (including phenoxy) is 1. The number of hydrogen-bond acceptors (Lipinski definition) is 5. The minimum atomic E-state index is 0.526. The zero-order chi connectivity index (χ0) is 14.8. The summed E-state index contributed by atoms with van der Waals surface area (Å²) in [5.41, 5.74) is 0.526. The van der Waals surface area contributed by atoms with Gasteiger partial charge in [0.25, 0.3) is 0 Å². The van der Waals surface area contributed by atoms with Gasteiger partial charge in [0.05, 0.1) is 12.0 Å². The van der Waals surface area contributed by atoms with Gasteiger partial charge < -0.3 is 15.0 Å². The van der Waals surface area contributed by atoms with E-state index in [1.54, 1.807) is 18.4 Å². The molecule has 0 spiro atoms. The first kappa shape index (κ1) is 15.6. The average Bonchev–Trinajstić information content (AvgIpc) is 2.81. The molecule has 1 aromatic rings. The first-order valence-electron chi connectivity index (χ1n) is 7.36. The van der Waals surface area contributed by atoms with Crippen LogP contribution in [0.2, 0.25) is 0 Å². The molecule has 0 radical (unpaired) electrons. The Balaban J connectivity index is 1.91. The molecule has 0 bridgehead atoms. The van der Waals surface area contributed by atoms with Crippen LogP contribution in [0.4, 0.5) is 5.13 Å². The van der Waals surface area contributed by atoms with E-state index in [4.69, 9.17) is 4.74 Å². The summed E-state index contributed by atoms with van der Waals surface area (Å²) >= 11 is 1.71. The zero-order valence-corrected chi connectivity index (χ0v) is 14.1. The molecule has 0 aromatic carbocycles. The lowest BCUT2D eigenvalue weighted by Gasteiger charge is -2.34. The molecule has 1 aromatic heterocycles. The maximum atomic E-state index is 5.38. The lowest BCUT2D eigenvalue weighted by Crippen LogP contribution is -2.35. The average molecular weight is 297 g/mol. The largest absolute Gasteiger partial charge is 0.480 e. The van der Waals surface area contributed by atoms with Gasteiger partial charge in [0, 0.05) is 26.7 Å². The molecular formula is C15H27N3OS. The van der Waals surface area contributed by atoms with E-state index in [0.717, 1.165) is 17.6 Å². The normalized spacial score (nSPS) is 19.1. The molecule has 1 N–H and O–H groups in total. The van der Waals surface area contributed by atoms with Gasteiger partial charge in [-0.1, -0.05) is 25.2 Å². The number of aromatic nitrogens is 1. The van der Waals surface area contributed by atoms with Crippen LogP contribution in [0.15, 0.2) is 0 Å². The molecule has 1 fully saturated rings. The standard InChI is InChI=1S/C15H27N3OS/c1-15(2)8-6-11(7-9-15)16-10-12-13(19-5)17-14(20-12)18(3)4/h11,16H,6-10H2,1-5H3. The second-order valence-electron chi connectivity index (χ2n) is 6.64. The van der Waals surface area contributed by atoms with Gasteiger partial charge in [-0.3, -0.25) is 0 Å². The van der Waals surface area contributed by atoms with E-state index in [1.165, 1.54) is 30.6 Å². The smallest absolute Gasteiger partial charge is 0.230 e. The van der Waals surface area contributed by atoms with E-state index in [9.17, 15) is 0 Å². The number of methoxy groups -OCH3 is 1. The molecule has 0 atom stereocenters. The molecule has 20 heavy (non-hydrogen) atoms. The first-order chi connectivity index (χ1) is 9.41. The van der Waals surface area contributed by atoms with Crippen LogP contribution < -0.4 is 15.0 Å². The van der Waals surface area contributed by atoms with Crippen molar-refractivity contribution in [3.8, 4) is 5.88 Å². The molecule has 5 heteroatoms. The van der Waals surface area contributed by atoms with Crippen molar-refractivity contribution in [2.45, 2.75) is 52.1 Å². The minimum Gasteiger partial charge on any atom is -0.480 e. The van der Waals surface area contributed by atoms with Crippen molar-refractivity contribution in [2.24, 2.45) is 5.41 Å². The third-order valence-corrected chi connectivity index (χ3v) is 5.32. The van der Waals surface area contributed by atoms with Crippen LogP contribution in [-0.2, 0) is 6.54 Å². The first-order valence-corrected chi connectivity index (χ1v) is 8.17. The fraction of sp³-hybridized carbons (Fsp3) is 0.800. The van der Waals surface area contributed by atoms with Crippen LogP contribution in [0, 0.1) is 5.41 Å². The quantitative estimate of drug-likeness (QED) is 0.905. The second kappa shape index (κ2) is 6.31. The van der Waals surface area contributed by atoms with E-state index in [-0.39, 0.29) is 0 Å². The van der Waals surface area contributed by atoms with Gasteiger partial charge in [0.1, 0.15) is 0 Å². The summed E-state index contributed by atoms with van der Waals surface area (Å²) in [4.78, 5) is 7.72. The van der Waals surface area contributed by atoms with Gasteiger partial charge in [-0.2, -0.15) is 4.98 Å². The minimum absolute atomic E-state index is 0.526. The molecule has 0 aliphatic heterocycles. The summed E-state index contributed by atoms with van der Waals surface area (Å²) in [5, 5.41) is 4.68. The number of nitrogens with zero attached hydrogens (tertiary/aromatic N) is 2. The summed E-state index contributed by atoms with van der Waals surface area (Å²) in [5.74, 6) is 0.766. The van der Waals surface area contributed by atoms with Crippen molar-refractivity contribution < 1.29 is 4.74 Å². The van der Waals surface area contributed by atoms with Crippen LogP contribution in [0.25, 0.3) is 0 Å². The Morgan fingerprint density at radius 3 is 2.55 bits per heavy atom. The van der Waals surface area contributed by atoms with Crippen molar-refractivity contribution >= 4 is 16.5 Å². The van der Waals surface area contributed by atoms with Gasteiger partial charge >= 0.3 is 0 Å². The highest BCUT2D eigenvalue weighted by molar-refractivity contribution is 7.15. The third-order valence-electron chi connectivity index (χ3n) is 4.12. The molecule has 2 rings (SSSR count). The highest BCUT2D eigenvalue weighted by Crippen LogP contribution is 2.36. The summed E-state index contributed by atoms with van der Waals surface area (Å²) in [7, 11) is 5.72. The predicted octanol–water partition coefficient (Wildman–Crippen LogP) is 3.28. The summed E-state index contributed by atoms with van der Waals surface area (Å²) in [6.07, 6.45) is 5.17. The fourth-order valence-corrected chi connectivity index (χ4v) is 3.53. The van der Waals surface area contributed by atoms with E-state index >= 15 is 0 Å². The van der Waals surface area contributed by atoms with Gasteiger partial charge in [-0.25, -0.2) is 0 Å². The highest BCUT2D eigenvalue weighted by Gasteiger charge is 2.26. The van der Waals surface area contributed by atoms with Crippen molar-refractivity contribution in [3.05, 3.63) is 4.88 Å². The van der Waals surface area contributed by atoms with Gasteiger partial charge in [0.2, 0.25) is 5.88 Å². The summed E-state index contributed by atoms with van der Waals surface area (Å²) < 4.78 is 5.38. The predicted molar refractivity (Wildman–Crippen MR) is 85.9 cm³/mol. The Hall–Kier alpha value is -0.810. The Morgan fingerprint density at radius 1 is 1.35 bits per heavy atom. The van der Waals surface area contributed by atoms with Crippen LogP contribution in [0.5, 0.6) is 5.88 Å². The van der Waals surface area contributed by atoms with Crippen LogP contribution in [0.3, 0.4) is 0 Å². The van der Waals surface area contributed by atoms with Crippen molar-refractivity contribution in [1.82, 2.24) is 10.3 Å². The Bertz CT molecular complexity index is 432. The highest BCUT2D eigenvalue weighted by atomic mass is 32.1. The van der Waals surface area contributed by atoms with Crippen molar-refractivity contribution in [2.75, 3.05) is 26.1 Å². The number of hydrogen-bond donors (Lipinski definition) is 1. The molecule has 1 saturated carbocycles. The summed E-state index contributed by atoms with van der Waals surface area (Å²) in [6.45, 7) is 5.61. The molecule has 1 aliphatic carbocycles. The number of thiazole rings is 1. The Kier molecular flexibility index (Phi) is 4.91. The maximum absolute atomic E-state index is 5.38. The molecule has 0 saturated heterocycles. The van der Waals surface area contributed by atoms with E-state index in [2.05, 4.69) is 24.1 Å². The molecule has 4 nitrogen and oxygen atoms in total.